The number of anilines is 2. The first-order chi connectivity index (χ1) is 11.1. The Kier molecular flexibility index (Phi) is 4.55. The molecule has 0 spiro atoms. The summed E-state index contributed by atoms with van der Waals surface area (Å²) in [5.74, 6) is 1.51. The molecule has 7 nitrogen and oxygen atoms in total. The van der Waals surface area contributed by atoms with Crippen LogP contribution in [0.2, 0.25) is 0 Å². The quantitative estimate of drug-likeness (QED) is 0.918. The van der Waals surface area contributed by atoms with Crippen LogP contribution < -0.4 is 15.8 Å². The van der Waals surface area contributed by atoms with Crippen LogP contribution in [0.4, 0.5) is 11.8 Å². The van der Waals surface area contributed by atoms with Crippen molar-refractivity contribution >= 4 is 11.8 Å². The Morgan fingerprint density at radius 1 is 1.30 bits per heavy atom. The fourth-order valence-corrected chi connectivity index (χ4v) is 2.90. The Labute approximate surface area is 135 Å². The minimum Gasteiger partial charge on any atom is -0.352 e. The summed E-state index contributed by atoms with van der Waals surface area (Å²) in [5.41, 5.74) is 0.858. The third-order valence-corrected chi connectivity index (χ3v) is 4.16. The highest BCUT2D eigenvalue weighted by Crippen LogP contribution is 2.22. The number of nitrogens with zero attached hydrogens (tertiary/aromatic N) is 5. The van der Waals surface area contributed by atoms with E-state index in [0.717, 1.165) is 37.4 Å². The molecule has 7 heteroatoms. The first kappa shape index (κ1) is 15.5. The van der Waals surface area contributed by atoms with Crippen LogP contribution in [-0.4, -0.2) is 38.9 Å². The van der Waals surface area contributed by atoms with Gasteiger partial charge in [0.2, 0.25) is 5.95 Å². The van der Waals surface area contributed by atoms with E-state index in [9.17, 15) is 4.79 Å². The van der Waals surface area contributed by atoms with Gasteiger partial charge >= 0.3 is 0 Å². The number of rotatable bonds is 4. The molecule has 0 saturated carbocycles. The van der Waals surface area contributed by atoms with Crippen LogP contribution in [0.25, 0.3) is 0 Å². The van der Waals surface area contributed by atoms with Crippen LogP contribution in [-0.2, 0) is 7.05 Å². The first-order valence-electron chi connectivity index (χ1n) is 7.98. The topological polar surface area (TPSA) is 75.9 Å². The average Bonchev–Trinajstić information content (AvgIpc) is 2.56. The van der Waals surface area contributed by atoms with Gasteiger partial charge in [0.25, 0.3) is 5.56 Å². The molecule has 1 unspecified atom stereocenters. The van der Waals surface area contributed by atoms with Gasteiger partial charge in [-0.15, -0.1) is 0 Å². The zero-order valence-electron chi connectivity index (χ0n) is 13.6. The molecule has 1 fully saturated rings. The average molecular weight is 314 g/mol. The van der Waals surface area contributed by atoms with Gasteiger partial charge in [0.1, 0.15) is 5.82 Å². The summed E-state index contributed by atoms with van der Waals surface area (Å²) in [4.78, 5) is 22.4. The standard InChI is InChI=1S/C16H22N6O/c1-12-8-9-17-16(19-12)18-11-13-5-3-4-10-22(13)14-6-7-15(23)21(2)20-14/h6-9,13H,3-5,10-11H2,1-2H3,(H,17,18,19). The summed E-state index contributed by atoms with van der Waals surface area (Å²) in [6.45, 7) is 3.66. The molecule has 1 saturated heterocycles. The predicted molar refractivity (Wildman–Crippen MR) is 89.7 cm³/mol. The Bertz CT molecular complexity index is 729. The molecule has 2 aromatic rings. The third-order valence-electron chi connectivity index (χ3n) is 4.16. The van der Waals surface area contributed by atoms with Crippen molar-refractivity contribution in [2.45, 2.75) is 32.2 Å². The van der Waals surface area contributed by atoms with Gasteiger partial charge < -0.3 is 10.2 Å². The second-order valence-corrected chi connectivity index (χ2v) is 5.90. The van der Waals surface area contributed by atoms with Crippen molar-refractivity contribution in [2.24, 2.45) is 7.05 Å². The number of aromatic nitrogens is 4. The molecule has 3 rings (SSSR count). The zero-order chi connectivity index (χ0) is 16.2. The Morgan fingerprint density at radius 3 is 2.96 bits per heavy atom. The van der Waals surface area contributed by atoms with E-state index in [1.165, 1.54) is 11.1 Å². The third kappa shape index (κ3) is 3.67. The highest BCUT2D eigenvalue weighted by molar-refractivity contribution is 5.40. The number of hydrogen-bond acceptors (Lipinski definition) is 6. The zero-order valence-corrected chi connectivity index (χ0v) is 13.6. The van der Waals surface area contributed by atoms with Gasteiger partial charge in [-0.25, -0.2) is 14.6 Å². The molecule has 1 aliphatic rings. The number of aryl methyl sites for hydroxylation is 2. The van der Waals surface area contributed by atoms with Crippen molar-refractivity contribution in [1.82, 2.24) is 19.7 Å². The molecule has 0 radical (unpaired) electrons. The van der Waals surface area contributed by atoms with Crippen LogP contribution in [0, 0.1) is 6.92 Å². The molecule has 0 amide bonds. The van der Waals surface area contributed by atoms with Gasteiger partial charge in [0.15, 0.2) is 0 Å². The lowest BCUT2D eigenvalue weighted by Crippen LogP contribution is -2.45. The van der Waals surface area contributed by atoms with Gasteiger partial charge in [0.05, 0.1) is 0 Å². The van der Waals surface area contributed by atoms with E-state index in [1.54, 1.807) is 19.3 Å². The Morgan fingerprint density at radius 2 is 2.17 bits per heavy atom. The van der Waals surface area contributed by atoms with Crippen molar-refractivity contribution in [1.29, 1.82) is 0 Å². The molecule has 0 bridgehead atoms. The van der Waals surface area contributed by atoms with Crippen LogP contribution >= 0.6 is 0 Å². The summed E-state index contributed by atoms with van der Waals surface area (Å²) < 4.78 is 1.39. The lowest BCUT2D eigenvalue weighted by molar-refractivity contribution is 0.464. The van der Waals surface area contributed by atoms with E-state index in [4.69, 9.17) is 0 Å². The number of hydrogen-bond donors (Lipinski definition) is 1. The largest absolute Gasteiger partial charge is 0.352 e. The molecule has 0 aliphatic carbocycles. The lowest BCUT2D eigenvalue weighted by atomic mass is 10.0. The Hall–Kier alpha value is -2.44. The van der Waals surface area contributed by atoms with Gasteiger partial charge in [-0.1, -0.05) is 0 Å². The SMILES string of the molecule is Cc1ccnc(NCC2CCCCN2c2ccc(=O)n(C)n2)n1. The van der Waals surface area contributed by atoms with E-state index < -0.39 is 0 Å². The highest BCUT2D eigenvalue weighted by Gasteiger charge is 2.24. The minimum atomic E-state index is -0.0893. The van der Waals surface area contributed by atoms with Gasteiger partial charge in [-0.3, -0.25) is 4.79 Å². The second kappa shape index (κ2) is 6.76. The maximum atomic E-state index is 11.5. The molecule has 1 atom stereocenters. The smallest absolute Gasteiger partial charge is 0.266 e. The van der Waals surface area contributed by atoms with Crippen molar-refractivity contribution in [2.75, 3.05) is 23.3 Å². The van der Waals surface area contributed by atoms with Crippen LogP contribution in [0.15, 0.2) is 29.2 Å². The van der Waals surface area contributed by atoms with Crippen molar-refractivity contribution < 1.29 is 0 Å². The molecule has 1 aliphatic heterocycles. The van der Waals surface area contributed by atoms with E-state index in [0.29, 0.717) is 12.0 Å². The summed E-state index contributed by atoms with van der Waals surface area (Å²) in [7, 11) is 1.68. The normalized spacial score (nSPS) is 18.0. The maximum Gasteiger partial charge on any atom is 0.266 e. The molecule has 0 aromatic carbocycles. The van der Waals surface area contributed by atoms with Gasteiger partial charge in [-0.05, 0) is 38.3 Å². The van der Waals surface area contributed by atoms with Gasteiger partial charge in [0, 0.05) is 44.1 Å². The predicted octanol–water partition coefficient (Wildman–Crippen LogP) is 1.35. The summed E-state index contributed by atoms with van der Waals surface area (Å²) in [6, 6.07) is 5.58. The van der Waals surface area contributed by atoms with Crippen LogP contribution in [0.1, 0.15) is 25.0 Å². The molecule has 1 N–H and O–H groups in total. The molecular weight excluding hydrogens is 292 g/mol. The van der Waals surface area contributed by atoms with E-state index >= 15 is 0 Å². The fraction of sp³-hybridized carbons (Fsp3) is 0.500. The lowest BCUT2D eigenvalue weighted by Gasteiger charge is -2.36. The summed E-state index contributed by atoms with van der Waals surface area (Å²) in [6.07, 6.45) is 5.19. The molecule has 2 aromatic heterocycles. The molecular formula is C16H22N6O. The number of nitrogens with one attached hydrogen (secondary N) is 1. The first-order valence-corrected chi connectivity index (χ1v) is 7.98. The molecule has 3 heterocycles. The second-order valence-electron chi connectivity index (χ2n) is 5.90. The maximum absolute atomic E-state index is 11.5. The van der Waals surface area contributed by atoms with Crippen molar-refractivity contribution in [3.8, 4) is 0 Å². The molecule has 23 heavy (non-hydrogen) atoms. The van der Waals surface area contributed by atoms with E-state index in [-0.39, 0.29) is 5.56 Å². The van der Waals surface area contributed by atoms with E-state index in [1.807, 2.05) is 19.1 Å². The Balaban J connectivity index is 1.73. The molecule has 122 valence electrons. The van der Waals surface area contributed by atoms with Crippen molar-refractivity contribution in [3.05, 3.63) is 40.4 Å². The van der Waals surface area contributed by atoms with Gasteiger partial charge in [-0.2, -0.15) is 5.10 Å². The van der Waals surface area contributed by atoms with Crippen LogP contribution in [0.3, 0.4) is 0 Å². The summed E-state index contributed by atoms with van der Waals surface area (Å²) >= 11 is 0. The van der Waals surface area contributed by atoms with Crippen molar-refractivity contribution in [3.63, 3.8) is 0 Å². The number of piperidine rings is 1. The highest BCUT2D eigenvalue weighted by atomic mass is 16.1. The van der Waals surface area contributed by atoms with Crippen LogP contribution in [0.5, 0.6) is 0 Å². The summed E-state index contributed by atoms with van der Waals surface area (Å²) in [5, 5.41) is 7.71. The monoisotopic (exact) mass is 314 g/mol. The van der Waals surface area contributed by atoms with E-state index in [2.05, 4.69) is 25.3 Å². The fourth-order valence-electron chi connectivity index (χ4n) is 2.90. The minimum absolute atomic E-state index is 0.0893.